The first-order valence-electron chi connectivity index (χ1n) is 13.6. The first kappa shape index (κ1) is 28.0. The number of pyridine rings is 2. The van der Waals surface area contributed by atoms with Gasteiger partial charge in [-0.15, -0.1) is 0 Å². The lowest BCUT2D eigenvalue weighted by Crippen LogP contribution is -2.52. The minimum absolute atomic E-state index is 0.0964. The molecule has 0 aliphatic carbocycles. The van der Waals surface area contributed by atoms with Gasteiger partial charge in [-0.2, -0.15) is 0 Å². The zero-order valence-corrected chi connectivity index (χ0v) is 24.0. The van der Waals surface area contributed by atoms with E-state index < -0.39 is 17.6 Å². The van der Waals surface area contributed by atoms with Gasteiger partial charge in [-0.3, -0.25) is 29.5 Å². The van der Waals surface area contributed by atoms with Crippen LogP contribution >= 0.6 is 11.3 Å². The third-order valence-corrected chi connectivity index (χ3v) is 8.36. The number of hydrogen-bond donors (Lipinski definition) is 2. The van der Waals surface area contributed by atoms with Gasteiger partial charge < -0.3 is 19.9 Å². The molecular formula is C30H27N7O5S. The predicted octanol–water partition coefficient (Wildman–Crippen LogP) is 2.92. The molecule has 0 spiro atoms. The van der Waals surface area contributed by atoms with E-state index in [4.69, 9.17) is 4.74 Å². The highest BCUT2D eigenvalue weighted by Gasteiger charge is 2.40. The molecule has 1 atom stereocenters. The second-order valence-corrected chi connectivity index (χ2v) is 11.0. The van der Waals surface area contributed by atoms with Crippen molar-refractivity contribution < 1.29 is 23.9 Å². The van der Waals surface area contributed by atoms with Crippen LogP contribution < -0.4 is 15.4 Å². The largest absolute Gasteiger partial charge is 0.495 e. The number of aromatic nitrogens is 3. The Morgan fingerprint density at radius 1 is 0.930 bits per heavy atom. The normalized spacial score (nSPS) is 15.8. The Morgan fingerprint density at radius 2 is 1.65 bits per heavy atom. The van der Waals surface area contributed by atoms with Crippen LogP contribution in [0.5, 0.6) is 5.75 Å². The van der Waals surface area contributed by atoms with Gasteiger partial charge in [-0.25, -0.2) is 9.97 Å². The molecule has 1 fully saturated rings. The summed E-state index contributed by atoms with van der Waals surface area (Å²) in [6.45, 7) is 1.42. The smallest absolute Gasteiger partial charge is 0.290 e. The lowest BCUT2D eigenvalue weighted by molar-refractivity contribution is -0.146. The predicted molar refractivity (Wildman–Crippen MR) is 159 cm³/mol. The van der Waals surface area contributed by atoms with Crippen LogP contribution in [0.4, 0.5) is 10.8 Å². The van der Waals surface area contributed by atoms with Crippen LogP contribution in [0.3, 0.4) is 0 Å². The average Bonchev–Trinajstić information content (AvgIpc) is 3.72. The third kappa shape index (κ3) is 5.54. The van der Waals surface area contributed by atoms with Crippen molar-refractivity contribution in [2.24, 2.45) is 0 Å². The van der Waals surface area contributed by atoms with Gasteiger partial charge in [0.05, 0.1) is 29.8 Å². The number of piperazine rings is 1. The number of thiazole rings is 1. The highest BCUT2D eigenvalue weighted by Crippen LogP contribution is 2.45. The molecule has 12 nitrogen and oxygen atoms in total. The number of ether oxygens (including phenoxy) is 1. The topological polar surface area (TPSA) is 147 Å². The van der Waals surface area contributed by atoms with Gasteiger partial charge in [0.15, 0.2) is 5.13 Å². The van der Waals surface area contributed by atoms with E-state index in [1.807, 2.05) is 18.2 Å². The molecule has 2 aliphatic heterocycles. The molecule has 3 amide bonds. The number of carbonyl (C=O) groups excluding carboxylic acids is 4. The molecule has 4 aromatic rings. The van der Waals surface area contributed by atoms with Crippen molar-refractivity contribution in [2.45, 2.75) is 5.92 Å². The van der Waals surface area contributed by atoms with E-state index >= 15 is 0 Å². The van der Waals surface area contributed by atoms with Gasteiger partial charge in [-0.05, 0) is 24.3 Å². The lowest BCUT2D eigenvalue weighted by atomic mass is 9.94. The molecule has 1 aromatic carbocycles. The molecule has 0 radical (unpaired) electrons. The summed E-state index contributed by atoms with van der Waals surface area (Å²) in [6.07, 6.45) is 6.19. The molecule has 218 valence electrons. The van der Waals surface area contributed by atoms with Gasteiger partial charge in [0, 0.05) is 68.0 Å². The highest BCUT2D eigenvalue weighted by molar-refractivity contribution is 7.19. The fraction of sp³-hybridized carbons (Fsp3) is 0.233. The van der Waals surface area contributed by atoms with E-state index in [0.29, 0.717) is 56.9 Å². The molecule has 0 bridgehead atoms. The first-order valence-corrected chi connectivity index (χ1v) is 14.4. The first-order chi connectivity index (χ1) is 20.9. The maximum atomic E-state index is 13.6. The number of carbonyl (C=O) groups is 4. The van der Waals surface area contributed by atoms with Crippen LogP contribution in [0, 0.1) is 0 Å². The fourth-order valence-corrected chi connectivity index (χ4v) is 6.02. The van der Waals surface area contributed by atoms with Crippen LogP contribution in [0.1, 0.15) is 32.2 Å². The van der Waals surface area contributed by atoms with Crippen molar-refractivity contribution in [1.29, 1.82) is 0 Å². The number of rotatable bonds is 7. The number of hydrogen-bond acceptors (Lipinski definition) is 10. The van der Waals surface area contributed by atoms with Gasteiger partial charge in [0.25, 0.3) is 17.7 Å². The van der Waals surface area contributed by atoms with Crippen LogP contribution in [-0.4, -0.2) is 88.1 Å². The maximum absolute atomic E-state index is 13.6. The fourth-order valence-electron chi connectivity index (χ4n) is 5.21. The molecule has 5 heterocycles. The Hall–Kier alpha value is -5.17. The van der Waals surface area contributed by atoms with Gasteiger partial charge in [0.2, 0.25) is 5.78 Å². The van der Waals surface area contributed by atoms with Crippen molar-refractivity contribution in [1.82, 2.24) is 24.8 Å². The summed E-state index contributed by atoms with van der Waals surface area (Å²) in [5.74, 6) is -1.94. The quantitative estimate of drug-likeness (QED) is 0.307. The standard InChI is InChI=1S/C30H27N7O5S/c1-42-21-16-33-24(22-17-34-30(43-22)35-27(39)18-7-9-31-10-8-18)25-23(21)20(15-32-25)26(38)29(41)37-13-11-36(12-14-37)28(40)19-5-3-2-4-6-19/h2-10,16-17,20,32H,11-15H2,1H3,(H,34,35,39). The molecule has 3 aromatic heterocycles. The average molecular weight is 598 g/mol. The molecule has 1 saturated heterocycles. The number of benzene rings is 1. The van der Waals surface area contributed by atoms with E-state index in [9.17, 15) is 19.2 Å². The summed E-state index contributed by atoms with van der Waals surface area (Å²) in [6, 6.07) is 12.2. The molecule has 0 saturated carbocycles. The van der Waals surface area contributed by atoms with Crippen LogP contribution in [0.2, 0.25) is 0 Å². The number of fused-ring (bicyclic) bond motifs is 1. The van der Waals surface area contributed by atoms with Crippen LogP contribution in [0.25, 0.3) is 10.6 Å². The van der Waals surface area contributed by atoms with Gasteiger partial charge in [0.1, 0.15) is 11.4 Å². The Balaban J connectivity index is 1.16. The zero-order valence-electron chi connectivity index (χ0n) is 23.1. The Bertz CT molecular complexity index is 1690. The van der Waals surface area contributed by atoms with Gasteiger partial charge in [-0.1, -0.05) is 29.5 Å². The van der Waals surface area contributed by atoms with Crippen molar-refractivity contribution in [2.75, 3.05) is 50.5 Å². The summed E-state index contributed by atoms with van der Waals surface area (Å²) in [5.41, 5.74) is 2.72. The van der Waals surface area contributed by atoms with Crippen molar-refractivity contribution in [3.8, 4) is 16.3 Å². The maximum Gasteiger partial charge on any atom is 0.290 e. The number of nitrogens with one attached hydrogen (secondary N) is 2. The molecule has 1 unspecified atom stereocenters. The van der Waals surface area contributed by atoms with E-state index in [0.717, 1.165) is 0 Å². The van der Waals surface area contributed by atoms with E-state index in [2.05, 4.69) is 25.6 Å². The molecule has 2 N–H and O–H groups in total. The minimum Gasteiger partial charge on any atom is -0.495 e. The summed E-state index contributed by atoms with van der Waals surface area (Å²) >= 11 is 1.23. The summed E-state index contributed by atoms with van der Waals surface area (Å²) < 4.78 is 5.54. The minimum atomic E-state index is -0.776. The molecular weight excluding hydrogens is 570 g/mol. The van der Waals surface area contributed by atoms with Crippen LogP contribution in [0.15, 0.2) is 67.3 Å². The number of amides is 3. The highest BCUT2D eigenvalue weighted by atomic mass is 32.1. The zero-order chi connectivity index (χ0) is 29.9. The lowest BCUT2D eigenvalue weighted by Gasteiger charge is -2.34. The number of Topliss-reactive ketones (excluding diaryl/α,β-unsaturated/α-hetero) is 1. The van der Waals surface area contributed by atoms with Gasteiger partial charge >= 0.3 is 0 Å². The molecule has 13 heteroatoms. The Kier molecular flexibility index (Phi) is 7.79. The van der Waals surface area contributed by atoms with E-state index in [1.165, 1.54) is 41.9 Å². The molecule has 2 aliphatic rings. The third-order valence-electron chi connectivity index (χ3n) is 7.44. The van der Waals surface area contributed by atoms with E-state index in [-0.39, 0.29) is 31.4 Å². The number of nitrogens with zero attached hydrogens (tertiary/aromatic N) is 5. The molecule has 6 rings (SSSR count). The second-order valence-electron chi connectivity index (χ2n) is 9.93. The van der Waals surface area contributed by atoms with Crippen molar-refractivity contribution in [3.63, 3.8) is 0 Å². The van der Waals surface area contributed by atoms with Crippen LogP contribution in [-0.2, 0) is 9.59 Å². The number of methoxy groups -OCH3 is 1. The Morgan fingerprint density at radius 3 is 2.37 bits per heavy atom. The Labute approximate surface area is 250 Å². The number of ketones is 1. The second kappa shape index (κ2) is 12.0. The summed E-state index contributed by atoms with van der Waals surface area (Å²) in [4.78, 5) is 68.9. The summed E-state index contributed by atoms with van der Waals surface area (Å²) in [5, 5.41) is 6.40. The number of anilines is 2. The van der Waals surface area contributed by atoms with Crippen molar-refractivity contribution >= 4 is 45.7 Å². The monoisotopic (exact) mass is 597 g/mol. The molecule has 43 heavy (non-hydrogen) atoms. The SMILES string of the molecule is COc1cnc(-c2cnc(NC(=O)c3ccncc3)s2)c2c1C(C(=O)C(=O)N1CCN(C(=O)c3ccccc3)CC1)CN2. The van der Waals surface area contributed by atoms with Crippen molar-refractivity contribution in [3.05, 3.63) is 83.9 Å². The van der Waals surface area contributed by atoms with E-state index in [1.54, 1.807) is 35.4 Å². The summed E-state index contributed by atoms with van der Waals surface area (Å²) in [7, 11) is 1.49.